The number of aliphatic hydroxyl groups is 1. The van der Waals surface area contributed by atoms with Crippen molar-refractivity contribution in [3.05, 3.63) is 47.5 Å². The molecule has 2 aromatic carbocycles. The van der Waals surface area contributed by atoms with Crippen LogP contribution in [0.3, 0.4) is 0 Å². The van der Waals surface area contributed by atoms with Crippen LogP contribution in [0, 0.1) is 0 Å². The number of aliphatic hydroxyl groups excluding tert-OH is 1. The van der Waals surface area contributed by atoms with Crippen LogP contribution >= 0.6 is 0 Å². The zero-order chi connectivity index (χ0) is 25.6. The number of amides is 1. The zero-order valence-electron chi connectivity index (χ0n) is 17.7. The Labute approximate surface area is 191 Å². The first-order valence-corrected chi connectivity index (χ1v) is 9.63. The average molecular weight is 475 g/mol. The molecule has 1 fully saturated rings. The van der Waals surface area contributed by atoms with E-state index in [1.54, 1.807) is 0 Å². The Morgan fingerprint density at radius 3 is 1.62 bits per heavy atom. The number of aromatic hydroxyl groups is 2. The van der Waals surface area contributed by atoms with E-state index in [9.17, 15) is 29.4 Å². The van der Waals surface area contributed by atoms with Gasteiger partial charge < -0.3 is 35.5 Å². The highest BCUT2D eigenvalue weighted by atomic mass is 16.4. The molecule has 0 spiro atoms. The van der Waals surface area contributed by atoms with Gasteiger partial charge in [-0.2, -0.15) is 10.2 Å². The Bertz CT molecular complexity index is 1060. The van der Waals surface area contributed by atoms with Gasteiger partial charge >= 0.3 is 17.9 Å². The van der Waals surface area contributed by atoms with Crippen molar-refractivity contribution in [2.75, 3.05) is 6.54 Å². The van der Waals surface area contributed by atoms with E-state index in [0.717, 1.165) is 24.3 Å². The predicted octanol–water partition coefficient (Wildman–Crippen LogP) is 1.96. The minimum atomic E-state index is -1.31. The van der Waals surface area contributed by atoms with Gasteiger partial charge in [0.15, 0.2) is 0 Å². The molecule has 2 aromatic rings. The van der Waals surface area contributed by atoms with Gasteiger partial charge in [-0.25, -0.2) is 14.4 Å². The largest absolute Gasteiger partial charge is 0.507 e. The summed E-state index contributed by atoms with van der Waals surface area (Å²) < 4.78 is 0. The van der Waals surface area contributed by atoms with Crippen LogP contribution in [0.4, 0.5) is 11.4 Å². The van der Waals surface area contributed by atoms with E-state index in [4.69, 9.17) is 20.4 Å². The van der Waals surface area contributed by atoms with E-state index < -0.39 is 41.6 Å². The molecular weight excluding hydrogens is 454 g/mol. The molecule has 34 heavy (non-hydrogen) atoms. The fourth-order valence-corrected chi connectivity index (χ4v) is 3.03. The van der Waals surface area contributed by atoms with Crippen molar-refractivity contribution < 1.29 is 49.8 Å². The van der Waals surface area contributed by atoms with E-state index in [0.29, 0.717) is 0 Å². The number of aromatic carboxylic acids is 2. The fourth-order valence-electron chi connectivity index (χ4n) is 3.03. The van der Waals surface area contributed by atoms with Crippen LogP contribution < -0.4 is 0 Å². The lowest BCUT2D eigenvalue weighted by molar-refractivity contribution is -0.147. The molecule has 13 heteroatoms. The quantitative estimate of drug-likeness (QED) is 0.345. The van der Waals surface area contributed by atoms with Gasteiger partial charge in [-0.15, -0.1) is 0 Å². The minimum absolute atomic E-state index is 0.131. The van der Waals surface area contributed by atoms with Gasteiger partial charge in [0.25, 0.3) is 0 Å². The van der Waals surface area contributed by atoms with E-state index in [-0.39, 0.29) is 41.4 Å². The number of hydrogen-bond donors (Lipinski definition) is 6. The Morgan fingerprint density at radius 2 is 1.29 bits per heavy atom. The number of aliphatic carboxylic acids is 1. The van der Waals surface area contributed by atoms with Gasteiger partial charge in [0.2, 0.25) is 5.91 Å². The maximum Gasteiger partial charge on any atom is 0.339 e. The second-order valence-electron chi connectivity index (χ2n) is 7.13. The average Bonchev–Trinajstić information content (AvgIpc) is 3.16. The molecule has 2 atom stereocenters. The number of likely N-dealkylation sites (tertiary alicyclic amines) is 1. The fraction of sp³-hybridized carbons (Fsp3) is 0.238. The first-order chi connectivity index (χ1) is 15.9. The third-order valence-electron chi connectivity index (χ3n) is 4.67. The molecule has 3 rings (SSSR count). The third kappa shape index (κ3) is 6.49. The summed E-state index contributed by atoms with van der Waals surface area (Å²) in [6, 6.07) is 6.43. The summed E-state index contributed by atoms with van der Waals surface area (Å²) in [5, 5.41) is 61.8. The molecule has 180 valence electrons. The van der Waals surface area contributed by atoms with E-state index in [1.165, 1.54) is 24.0 Å². The number of benzene rings is 2. The van der Waals surface area contributed by atoms with Crippen LogP contribution in [0.15, 0.2) is 46.6 Å². The smallest absolute Gasteiger partial charge is 0.339 e. The maximum absolute atomic E-state index is 10.9. The van der Waals surface area contributed by atoms with Crippen LogP contribution in [-0.2, 0) is 9.59 Å². The lowest BCUT2D eigenvalue weighted by Crippen LogP contribution is -2.39. The van der Waals surface area contributed by atoms with Crippen molar-refractivity contribution in [3.63, 3.8) is 0 Å². The summed E-state index contributed by atoms with van der Waals surface area (Å²) >= 11 is 0. The summed E-state index contributed by atoms with van der Waals surface area (Å²) in [6.07, 6.45) is -0.565. The van der Waals surface area contributed by atoms with Crippen molar-refractivity contribution in [2.24, 2.45) is 10.2 Å². The number of azo groups is 1. The van der Waals surface area contributed by atoms with Crippen LogP contribution in [0.1, 0.15) is 34.1 Å². The molecule has 13 nitrogen and oxygen atoms in total. The molecule has 0 radical (unpaired) electrons. The van der Waals surface area contributed by atoms with Crippen LogP contribution in [0.5, 0.6) is 11.5 Å². The number of rotatable bonds is 5. The summed E-state index contributed by atoms with van der Waals surface area (Å²) in [4.78, 5) is 44.3. The first kappa shape index (κ1) is 25.7. The van der Waals surface area contributed by atoms with Gasteiger partial charge in [-0.3, -0.25) is 4.79 Å². The lowest BCUT2D eigenvalue weighted by atomic mass is 10.2. The highest BCUT2D eigenvalue weighted by Gasteiger charge is 2.37. The van der Waals surface area contributed by atoms with Crippen LogP contribution in [0.25, 0.3) is 0 Å². The molecule has 0 unspecified atom stereocenters. The number of nitrogens with zero attached hydrogens (tertiary/aromatic N) is 3. The second kappa shape index (κ2) is 10.9. The Hall–Kier alpha value is -4.52. The van der Waals surface area contributed by atoms with E-state index in [2.05, 4.69) is 10.2 Å². The van der Waals surface area contributed by atoms with E-state index >= 15 is 0 Å². The van der Waals surface area contributed by atoms with Gasteiger partial charge in [-0.05, 0) is 36.4 Å². The number of hydrogen-bond acceptors (Lipinski definition) is 9. The third-order valence-corrected chi connectivity index (χ3v) is 4.67. The molecular formula is C21H21N3O10. The number of carbonyl (C=O) groups excluding carboxylic acids is 1. The lowest BCUT2D eigenvalue weighted by Gasteiger charge is -2.18. The molecule has 0 bridgehead atoms. The topological polar surface area (TPSA) is 218 Å². The van der Waals surface area contributed by atoms with Crippen molar-refractivity contribution in [1.82, 2.24) is 4.90 Å². The van der Waals surface area contributed by atoms with Crippen molar-refractivity contribution >= 4 is 35.2 Å². The van der Waals surface area contributed by atoms with Crippen molar-refractivity contribution in [3.8, 4) is 11.5 Å². The zero-order valence-corrected chi connectivity index (χ0v) is 17.7. The monoisotopic (exact) mass is 475 g/mol. The summed E-state index contributed by atoms with van der Waals surface area (Å²) in [6.45, 7) is 1.43. The Kier molecular flexibility index (Phi) is 8.23. The molecule has 0 aromatic heterocycles. The maximum atomic E-state index is 10.9. The van der Waals surface area contributed by atoms with Gasteiger partial charge in [0.05, 0.1) is 17.5 Å². The predicted molar refractivity (Wildman–Crippen MR) is 114 cm³/mol. The molecule has 1 saturated heterocycles. The standard InChI is InChI=1S/C14H10N2O6.C7H11NO4/c17-11-3-1-7(5-9(11)13(19)20)15-16-8-2-4-12(18)10(6-8)14(21)22;1-4(9)8-3-5(10)2-6(8)7(11)12/h1-6,17-18H,(H,19,20)(H,21,22);5-6,10H,2-3H2,1H3,(H,11,12)/b16-15+;/t;5-,6+/m.1/s1. The molecule has 0 saturated carbocycles. The Balaban J connectivity index is 0.000000287. The molecule has 1 aliphatic heterocycles. The van der Waals surface area contributed by atoms with Crippen molar-refractivity contribution in [1.29, 1.82) is 0 Å². The molecule has 6 N–H and O–H groups in total. The first-order valence-electron chi connectivity index (χ1n) is 9.63. The number of carboxylic acids is 3. The highest BCUT2D eigenvalue weighted by molar-refractivity contribution is 5.92. The number of carboxylic acid groups (broad SMARTS) is 3. The molecule has 1 aliphatic rings. The number of carbonyl (C=O) groups is 4. The summed E-state index contributed by atoms with van der Waals surface area (Å²) in [5.41, 5.74) is -0.318. The highest BCUT2D eigenvalue weighted by Crippen LogP contribution is 2.27. The Morgan fingerprint density at radius 1 is 0.853 bits per heavy atom. The molecule has 1 heterocycles. The molecule has 0 aliphatic carbocycles. The van der Waals surface area contributed by atoms with Crippen molar-refractivity contribution in [2.45, 2.75) is 25.5 Å². The van der Waals surface area contributed by atoms with Gasteiger partial charge in [-0.1, -0.05) is 0 Å². The second-order valence-corrected chi connectivity index (χ2v) is 7.13. The molecule has 1 amide bonds. The summed E-state index contributed by atoms with van der Waals surface area (Å²) in [5.74, 6) is -4.78. The SMILES string of the molecule is CC(=O)N1C[C@H](O)C[C@H]1C(=O)O.O=C(O)c1cc(/N=N/c2ccc(O)c(C(=O)O)c2)ccc1O. The normalized spacial score (nSPS) is 17.2. The van der Waals surface area contributed by atoms with Gasteiger partial charge in [0, 0.05) is 19.9 Å². The summed E-state index contributed by atoms with van der Waals surface area (Å²) in [7, 11) is 0. The van der Waals surface area contributed by atoms with E-state index in [1.807, 2.05) is 0 Å². The number of β-amino-alcohol motifs (C(OH)–C–C–N with tert-alkyl or cyclic N) is 1. The minimum Gasteiger partial charge on any atom is -0.507 e. The number of phenols is 2. The van der Waals surface area contributed by atoms with Crippen LogP contribution in [-0.4, -0.2) is 78.0 Å². The van der Waals surface area contributed by atoms with Crippen LogP contribution in [0.2, 0.25) is 0 Å². The van der Waals surface area contributed by atoms with Gasteiger partial charge in [0.1, 0.15) is 28.7 Å².